The second kappa shape index (κ2) is 13.2. The van der Waals surface area contributed by atoms with Gasteiger partial charge in [0.15, 0.2) is 5.82 Å². The van der Waals surface area contributed by atoms with Gasteiger partial charge in [0, 0.05) is 64.0 Å². The summed E-state index contributed by atoms with van der Waals surface area (Å²) < 4.78 is 4.43. The lowest BCUT2D eigenvalue weighted by molar-refractivity contribution is 1.09. The van der Waals surface area contributed by atoms with Crippen LogP contribution in [0, 0.1) is 0 Å². The van der Waals surface area contributed by atoms with Gasteiger partial charge in [-0.05, 0) is 97.1 Å². The Kier molecular flexibility index (Phi) is 7.62. The van der Waals surface area contributed by atoms with Crippen LogP contribution >= 0.6 is 0 Å². The van der Waals surface area contributed by atoms with Crippen molar-refractivity contribution in [1.82, 2.24) is 39.0 Å². The summed E-state index contributed by atoms with van der Waals surface area (Å²) in [5, 5.41) is 0. The smallest absolute Gasteiger partial charge is 0.160 e. The third kappa shape index (κ3) is 5.59. The Morgan fingerprint density at radius 3 is 1.20 bits per heavy atom. The SMILES string of the molecule is c1ccc(-n2c(-c3cc(-c4nc(-c5ccncc5)cc(-c5ccncc5)n4)cc(-c4nc5ccccc5n4-c4ccccc4)c3)nc3ccccc32)cc1. The van der Waals surface area contributed by atoms with Crippen molar-refractivity contribution >= 4 is 22.1 Å². The maximum absolute atomic E-state index is 5.26. The van der Waals surface area contributed by atoms with Gasteiger partial charge in [0.1, 0.15) is 11.6 Å². The summed E-state index contributed by atoms with van der Waals surface area (Å²) in [6, 6.07) is 53.6. The Morgan fingerprint density at radius 2 is 0.741 bits per heavy atom. The first kappa shape index (κ1) is 31.2. The predicted octanol–water partition coefficient (Wildman–Crippen LogP) is 10.3. The monoisotopic (exact) mass is 694 g/mol. The minimum Gasteiger partial charge on any atom is -0.292 e. The molecule has 5 aromatic carbocycles. The number of aromatic nitrogens is 8. The van der Waals surface area contributed by atoms with Crippen molar-refractivity contribution in [2.24, 2.45) is 0 Å². The first-order valence-corrected chi connectivity index (χ1v) is 17.7. The average Bonchev–Trinajstić information content (AvgIpc) is 3.84. The number of para-hydroxylation sites is 6. The van der Waals surface area contributed by atoms with Gasteiger partial charge in [-0.2, -0.15) is 0 Å². The summed E-state index contributed by atoms with van der Waals surface area (Å²) in [4.78, 5) is 29.4. The third-order valence-corrected chi connectivity index (χ3v) is 9.54. The van der Waals surface area contributed by atoms with Crippen molar-refractivity contribution in [3.63, 3.8) is 0 Å². The Morgan fingerprint density at radius 1 is 0.333 bits per heavy atom. The number of nitrogens with zero attached hydrogens (tertiary/aromatic N) is 8. The quantitative estimate of drug-likeness (QED) is 0.165. The van der Waals surface area contributed by atoms with Crippen LogP contribution in [-0.4, -0.2) is 39.0 Å². The first-order chi connectivity index (χ1) is 26.8. The summed E-state index contributed by atoms with van der Waals surface area (Å²) in [6.45, 7) is 0. The normalized spacial score (nSPS) is 11.3. The average molecular weight is 695 g/mol. The van der Waals surface area contributed by atoms with Gasteiger partial charge in [0.25, 0.3) is 0 Å². The summed E-state index contributed by atoms with van der Waals surface area (Å²) in [5.74, 6) is 2.17. The van der Waals surface area contributed by atoms with Crippen LogP contribution in [0.4, 0.5) is 0 Å². The van der Waals surface area contributed by atoms with Gasteiger partial charge in [0.05, 0.1) is 33.5 Å². The summed E-state index contributed by atoms with van der Waals surface area (Å²) in [6.07, 6.45) is 7.13. The first-order valence-electron chi connectivity index (χ1n) is 17.7. The van der Waals surface area contributed by atoms with Crippen molar-refractivity contribution < 1.29 is 0 Å². The van der Waals surface area contributed by atoms with Crippen molar-refractivity contribution in [3.05, 3.63) is 183 Å². The van der Waals surface area contributed by atoms with Crippen LogP contribution in [-0.2, 0) is 0 Å². The van der Waals surface area contributed by atoms with Crippen LogP contribution in [0.5, 0.6) is 0 Å². The molecule has 8 heteroatoms. The summed E-state index contributed by atoms with van der Waals surface area (Å²) in [7, 11) is 0. The van der Waals surface area contributed by atoms with Crippen molar-refractivity contribution in [2.75, 3.05) is 0 Å². The van der Waals surface area contributed by atoms with E-state index in [9.17, 15) is 0 Å². The maximum atomic E-state index is 5.26. The molecule has 0 fully saturated rings. The third-order valence-electron chi connectivity index (χ3n) is 9.54. The predicted molar refractivity (Wildman–Crippen MR) is 214 cm³/mol. The molecule has 10 rings (SSSR count). The molecular formula is C46H30N8. The number of fused-ring (bicyclic) bond motifs is 2. The molecule has 0 atom stereocenters. The lowest BCUT2D eigenvalue weighted by atomic mass is 10.0. The second-order valence-corrected chi connectivity index (χ2v) is 12.9. The van der Waals surface area contributed by atoms with Crippen molar-refractivity contribution in [3.8, 4) is 68.1 Å². The maximum Gasteiger partial charge on any atom is 0.160 e. The van der Waals surface area contributed by atoms with Gasteiger partial charge in [-0.15, -0.1) is 0 Å². The molecule has 10 aromatic rings. The molecule has 0 saturated carbocycles. The van der Waals surface area contributed by atoms with E-state index in [2.05, 4.69) is 122 Å². The molecule has 0 radical (unpaired) electrons. The Bertz CT molecular complexity index is 2730. The molecule has 8 nitrogen and oxygen atoms in total. The van der Waals surface area contributed by atoms with E-state index in [1.54, 1.807) is 24.8 Å². The van der Waals surface area contributed by atoms with Gasteiger partial charge in [0.2, 0.25) is 0 Å². The van der Waals surface area contributed by atoms with Crippen LogP contribution in [0.3, 0.4) is 0 Å². The highest BCUT2D eigenvalue weighted by atomic mass is 15.1. The number of pyridine rings is 2. The molecule has 0 bridgehead atoms. The molecular weight excluding hydrogens is 665 g/mol. The molecule has 0 aliphatic heterocycles. The van der Waals surface area contributed by atoms with Gasteiger partial charge in [-0.25, -0.2) is 19.9 Å². The van der Waals surface area contributed by atoms with E-state index in [0.717, 1.165) is 84.3 Å². The molecule has 0 amide bonds. The summed E-state index contributed by atoms with van der Waals surface area (Å²) in [5.41, 5.74) is 11.9. The molecule has 5 heterocycles. The van der Waals surface area contributed by atoms with Gasteiger partial charge >= 0.3 is 0 Å². The molecule has 5 aromatic heterocycles. The van der Waals surface area contributed by atoms with Gasteiger partial charge < -0.3 is 0 Å². The molecule has 254 valence electrons. The molecule has 0 unspecified atom stereocenters. The number of hydrogen-bond acceptors (Lipinski definition) is 6. The van der Waals surface area contributed by atoms with Crippen LogP contribution in [0.25, 0.3) is 90.1 Å². The largest absolute Gasteiger partial charge is 0.292 e. The molecule has 0 saturated heterocycles. The zero-order valence-corrected chi connectivity index (χ0v) is 28.9. The van der Waals surface area contributed by atoms with E-state index in [1.165, 1.54) is 0 Å². The fourth-order valence-electron chi connectivity index (χ4n) is 7.05. The molecule has 0 spiro atoms. The highest BCUT2D eigenvalue weighted by Gasteiger charge is 2.21. The highest BCUT2D eigenvalue weighted by Crippen LogP contribution is 2.37. The van der Waals surface area contributed by atoms with Gasteiger partial charge in [-0.1, -0.05) is 60.7 Å². The lowest BCUT2D eigenvalue weighted by Crippen LogP contribution is -2.01. The standard InChI is InChI=1S/C46H30N8/c1-3-11-36(12-4-1)53-42-17-9-7-15-38(42)51-45(53)34-27-33(44-49-40(31-19-23-47-24-20-31)30-41(50-44)32-21-25-48-26-22-32)28-35(29-34)46-52-39-16-8-10-18-43(39)54(46)37-13-5-2-6-14-37/h1-30H. The van der Waals surface area contributed by atoms with E-state index in [0.29, 0.717) is 5.82 Å². The van der Waals surface area contributed by atoms with E-state index in [1.807, 2.05) is 54.6 Å². The number of rotatable bonds is 7. The van der Waals surface area contributed by atoms with E-state index >= 15 is 0 Å². The number of hydrogen-bond donors (Lipinski definition) is 0. The minimum atomic E-state index is 0.573. The number of benzene rings is 5. The van der Waals surface area contributed by atoms with Crippen molar-refractivity contribution in [1.29, 1.82) is 0 Å². The van der Waals surface area contributed by atoms with E-state index < -0.39 is 0 Å². The van der Waals surface area contributed by atoms with Crippen molar-refractivity contribution in [2.45, 2.75) is 0 Å². The Balaban J connectivity index is 1.28. The molecule has 0 aliphatic rings. The molecule has 54 heavy (non-hydrogen) atoms. The molecule has 0 aliphatic carbocycles. The fraction of sp³-hybridized carbons (Fsp3) is 0. The van der Waals surface area contributed by atoms with E-state index in [4.69, 9.17) is 19.9 Å². The zero-order chi connectivity index (χ0) is 35.8. The van der Waals surface area contributed by atoms with E-state index in [-0.39, 0.29) is 0 Å². The topological polar surface area (TPSA) is 87.2 Å². The zero-order valence-electron chi connectivity index (χ0n) is 28.9. The Hall–Kier alpha value is -7.58. The summed E-state index contributed by atoms with van der Waals surface area (Å²) >= 11 is 0. The Labute approximate surface area is 310 Å². The van der Waals surface area contributed by atoms with Crippen LogP contribution in [0.15, 0.2) is 183 Å². The lowest BCUT2D eigenvalue weighted by Gasteiger charge is -2.15. The number of imidazole rings is 2. The highest BCUT2D eigenvalue weighted by molar-refractivity contribution is 5.88. The van der Waals surface area contributed by atoms with Crippen LogP contribution < -0.4 is 0 Å². The van der Waals surface area contributed by atoms with Gasteiger partial charge in [-0.3, -0.25) is 19.1 Å². The van der Waals surface area contributed by atoms with Crippen LogP contribution in [0.2, 0.25) is 0 Å². The fourth-order valence-corrected chi connectivity index (χ4v) is 7.05. The second-order valence-electron chi connectivity index (χ2n) is 12.9. The minimum absolute atomic E-state index is 0.573. The molecule has 0 N–H and O–H groups in total. The van der Waals surface area contributed by atoms with Crippen LogP contribution in [0.1, 0.15) is 0 Å².